The number of benzene rings is 2. The third-order valence-corrected chi connectivity index (χ3v) is 4.20. The number of aryl methyl sites for hydroxylation is 1. The molecule has 1 amide bonds. The predicted molar refractivity (Wildman–Crippen MR) is 95.7 cm³/mol. The molecule has 0 aromatic heterocycles. The Balaban J connectivity index is 0.00000288. The highest BCUT2D eigenvalue weighted by atomic mass is 35.5. The predicted octanol–water partition coefficient (Wildman–Crippen LogP) is -0.543. The van der Waals surface area contributed by atoms with E-state index in [0.717, 1.165) is 24.3 Å². The summed E-state index contributed by atoms with van der Waals surface area (Å²) in [6, 6.07) is 18.4. The molecule has 0 aliphatic heterocycles. The number of rotatable bonds is 7. The minimum Gasteiger partial charge on any atom is -1.00 e. The lowest BCUT2D eigenvalue weighted by atomic mass is 10.1. The zero-order valence-corrected chi connectivity index (χ0v) is 15.5. The molecule has 0 unspecified atom stereocenters. The zero-order valence-electron chi connectivity index (χ0n) is 14.8. The Morgan fingerprint density at radius 1 is 1.00 bits per heavy atom. The summed E-state index contributed by atoms with van der Waals surface area (Å²) in [7, 11) is 0. The molecule has 0 fully saturated rings. The fraction of sp³-hybridized carbons (Fsp3) is 0.350. The molecule has 0 aliphatic carbocycles. The van der Waals surface area contributed by atoms with Gasteiger partial charge >= 0.3 is 0 Å². The number of anilines is 1. The molecule has 3 nitrogen and oxygen atoms in total. The summed E-state index contributed by atoms with van der Waals surface area (Å²) in [5.74, 6) is 0.179. The minimum atomic E-state index is 0. The molecule has 0 aliphatic rings. The quantitative estimate of drug-likeness (QED) is 0.715. The average Bonchev–Trinajstić information content (AvgIpc) is 2.58. The van der Waals surface area contributed by atoms with Crippen LogP contribution in [0.4, 0.5) is 5.69 Å². The fourth-order valence-corrected chi connectivity index (χ4v) is 2.69. The Morgan fingerprint density at radius 3 is 2.25 bits per heavy atom. The van der Waals surface area contributed by atoms with Crippen molar-refractivity contribution in [2.75, 3.05) is 24.5 Å². The van der Waals surface area contributed by atoms with Crippen LogP contribution in [0, 0.1) is 6.92 Å². The van der Waals surface area contributed by atoms with Crippen LogP contribution in [0.2, 0.25) is 0 Å². The molecule has 130 valence electrons. The molecular weight excluding hydrogens is 320 g/mol. The van der Waals surface area contributed by atoms with E-state index < -0.39 is 0 Å². The molecule has 0 saturated heterocycles. The number of halogens is 1. The summed E-state index contributed by atoms with van der Waals surface area (Å²) < 4.78 is 0. The van der Waals surface area contributed by atoms with Gasteiger partial charge in [-0.1, -0.05) is 42.5 Å². The lowest BCUT2D eigenvalue weighted by Gasteiger charge is -2.25. The first-order valence-corrected chi connectivity index (χ1v) is 8.38. The first-order valence-electron chi connectivity index (χ1n) is 8.38. The van der Waals surface area contributed by atoms with Gasteiger partial charge in [-0.05, 0) is 44.0 Å². The van der Waals surface area contributed by atoms with E-state index in [4.69, 9.17) is 0 Å². The molecule has 0 saturated carbocycles. The van der Waals surface area contributed by atoms with Crippen molar-refractivity contribution < 1.29 is 22.1 Å². The summed E-state index contributed by atoms with van der Waals surface area (Å²) in [5, 5.41) is 0. The van der Waals surface area contributed by atoms with Crippen molar-refractivity contribution in [2.45, 2.75) is 27.3 Å². The molecule has 24 heavy (non-hydrogen) atoms. The number of carbonyl (C=O) groups excluding carboxylic acids is 1. The monoisotopic (exact) mass is 346 g/mol. The molecule has 0 heterocycles. The summed E-state index contributed by atoms with van der Waals surface area (Å²) in [4.78, 5) is 16.1. The van der Waals surface area contributed by atoms with Crippen molar-refractivity contribution in [1.82, 2.24) is 0 Å². The highest BCUT2D eigenvalue weighted by Gasteiger charge is 2.20. The molecule has 2 aromatic rings. The number of likely N-dealkylation sites (N-methyl/N-ethyl adjacent to an activating group) is 1. The van der Waals surface area contributed by atoms with E-state index in [1.54, 1.807) is 0 Å². The van der Waals surface area contributed by atoms with Gasteiger partial charge in [-0.2, -0.15) is 0 Å². The minimum absolute atomic E-state index is 0. The molecule has 1 N–H and O–H groups in total. The molecule has 2 rings (SSSR count). The van der Waals surface area contributed by atoms with Gasteiger partial charge in [0, 0.05) is 5.69 Å². The first-order chi connectivity index (χ1) is 11.1. The highest BCUT2D eigenvalue weighted by molar-refractivity contribution is 5.94. The van der Waals surface area contributed by atoms with E-state index in [0.29, 0.717) is 13.1 Å². The van der Waals surface area contributed by atoms with Gasteiger partial charge in [0.1, 0.15) is 0 Å². The number of amides is 1. The topological polar surface area (TPSA) is 24.8 Å². The van der Waals surface area contributed by atoms with Crippen LogP contribution >= 0.6 is 0 Å². The lowest BCUT2D eigenvalue weighted by Crippen LogP contribution is -3.12. The normalized spacial score (nSPS) is 10.3. The van der Waals surface area contributed by atoms with E-state index >= 15 is 0 Å². The van der Waals surface area contributed by atoms with Gasteiger partial charge in [0.2, 0.25) is 0 Å². The molecule has 4 heteroatoms. The maximum absolute atomic E-state index is 12.9. The third kappa shape index (κ3) is 5.66. The van der Waals surface area contributed by atoms with Crippen LogP contribution in [0.3, 0.4) is 0 Å². The van der Waals surface area contributed by atoms with Crippen molar-refractivity contribution in [3.05, 3.63) is 65.7 Å². The zero-order chi connectivity index (χ0) is 16.7. The van der Waals surface area contributed by atoms with Crippen LogP contribution in [0.1, 0.15) is 25.0 Å². The lowest BCUT2D eigenvalue weighted by molar-refractivity contribution is -0.888. The maximum atomic E-state index is 12.9. The van der Waals surface area contributed by atoms with E-state index in [2.05, 4.69) is 45.0 Å². The second-order valence-electron chi connectivity index (χ2n) is 5.94. The van der Waals surface area contributed by atoms with Crippen LogP contribution in [0.15, 0.2) is 54.6 Å². The second-order valence-corrected chi connectivity index (χ2v) is 5.94. The molecule has 0 radical (unpaired) electrons. The standard InChI is InChI=1S/C20H26N2O.ClH/c1-4-21(5-2)16-20(23)22(15-18-11-7-6-8-12-18)19-13-9-10-17(3)14-19;/h6-14H,4-5,15-16H2,1-3H3;1H. The van der Waals surface area contributed by atoms with Gasteiger partial charge in [0.25, 0.3) is 5.91 Å². The Morgan fingerprint density at radius 2 is 1.67 bits per heavy atom. The van der Waals surface area contributed by atoms with Gasteiger partial charge < -0.3 is 22.2 Å². The third-order valence-electron chi connectivity index (χ3n) is 4.20. The number of carbonyl (C=O) groups is 1. The number of quaternary nitrogens is 1. The van der Waals surface area contributed by atoms with E-state index in [1.807, 2.05) is 35.2 Å². The van der Waals surface area contributed by atoms with Crippen molar-refractivity contribution in [1.29, 1.82) is 0 Å². The van der Waals surface area contributed by atoms with E-state index in [-0.39, 0.29) is 18.3 Å². The number of hydrogen-bond donors (Lipinski definition) is 1. The highest BCUT2D eigenvalue weighted by Crippen LogP contribution is 2.18. The number of nitrogens with zero attached hydrogens (tertiary/aromatic N) is 1. The van der Waals surface area contributed by atoms with Crippen LogP contribution in [-0.2, 0) is 11.3 Å². The van der Waals surface area contributed by atoms with Crippen molar-refractivity contribution in [3.8, 4) is 0 Å². The van der Waals surface area contributed by atoms with Gasteiger partial charge in [0.15, 0.2) is 6.54 Å². The van der Waals surface area contributed by atoms with Crippen LogP contribution in [0.5, 0.6) is 0 Å². The largest absolute Gasteiger partial charge is 1.00 e. The number of nitrogens with one attached hydrogen (secondary N) is 1. The summed E-state index contributed by atoms with van der Waals surface area (Å²) >= 11 is 0. The SMILES string of the molecule is CC[NH+](CC)CC(=O)N(Cc1ccccc1)c1cccc(C)c1.[Cl-]. The van der Waals surface area contributed by atoms with Crippen LogP contribution in [-0.4, -0.2) is 25.5 Å². The van der Waals surface area contributed by atoms with E-state index in [1.165, 1.54) is 10.5 Å². The van der Waals surface area contributed by atoms with Crippen molar-refractivity contribution >= 4 is 11.6 Å². The Kier molecular flexibility index (Phi) is 8.51. The van der Waals surface area contributed by atoms with Crippen molar-refractivity contribution in [3.63, 3.8) is 0 Å². The average molecular weight is 347 g/mol. The van der Waals surface area contributed by atoms with Gasteiger partial charge in [-0.15, -0.1) is 0 Å². The number of hydrogen-bond acceptors (Lipinski definition) is 1. The Hall–Kier alpha value is -1.84. The molecular formula is C20H27ClN2O. The summed E-state index contributed by atoms with van der Waals surface area (Å²) in [6.45, 7) is 9.40. The fourth-order valence-electron chi connectivity index (χ4n) is 2.69. The van der Waals surface area contributed by atoms with Gasteiger partial charge in [-0.25, -0.2) is 0 Å². The summed E-state index contributed by atoms with van der Waals surface area (Å²) in [6.07, 6.45) is 0. The second kappa shape index (κ2) is 10.1. The van der Waals surface area contributed by atoms with Crippen molar-refractivity contribution in [2.24, 2.45) is 0 Å². The van der Waals surface area contributed by atoms with Crippen LogP contribution in [0.25, 0.3) is 0 Å². The molecule has 0 spiro atoms. The smallest absolute Gasteiger partial charge is 0.282 e. The molecule has 0 atom stereocenters. The van der Waals surface area contributed by atoms with E-state index in [9.17, 15) is 4.79 Å². The van der Waals surface area contributed by atoms with Gasteiger partial charge in [-0.3, -0.25) is 4.79 Å². The van der Waals surface area contributed by atoms with Gasteiger partial charge in [0.05, 0.1) is 19.6 Å². The first kappa shape index (κ1) is 20.2. The molecule has 2 aromatic carbocycles. The molecule has 0 bridgehead atoms. The Bertz CT molecular complexity index is 627. The van der Waals surface area contributed by atoms with Crippen LogP contribution < -0.4 is 22.2 Å². The Labute approximate surface area is 151 Å². The maximum Gasteiger partial charge on any atom is 0.282 e. The summed E-state index contributed by atoms with van der Waals surface area (Å²) in [5.41, 5.74) is 3.30.